The molecule has 0 aromatic heterocycles. The maximum Gasteiger partial charge on any atom is 0.243 e. The molecule has 0 aliphatic heterocycles. The Morgan fingerprint density at radius 1 is 0.971 bits per heavy atom. The van der Waals surface area contributed by atoms with Crippen molar-refractivity contribution in [1.82, 2.24) is 9.62 Å². The lowest BCUT2D eigenvalue weighted by molar-refractivity contribution is -0.121. The highest BCUT2D eigenvalue weighted by atomic mass is 35.5. The highest BCUT2D eigenvalue weighted by Crippen LogP contribution is 2.28. The van der Waals surface area contributed by atoms with Crippen LogP contribution in [0.25, 0.3) is 0 Å². The molecule has 3 aromatic carbocycles. The summed E-state index contributed by atoms with van der Waals surface area (Å²) in [7, 11) is -0.908. The average molecular weight is 503 g/mol. The number of ether oxygens (including phenoxy) is 2. The Morgan fingerprint density at radius 3 is 2.18 bits per heavy atom. The number of amides is 1. The number of aryl methyl sites for hydroxylation is 1. The van der Waals surface area contributed by atoms with Crippen molar-refractivity contribution in [2.45, 2.75) is 24.9 Å². The van der Waals surface area contributed by atoms with Crippen molar-refractivity contribution >= 4 is 27.5 Å². The van der Waals surface area contributed by atoms with Crippen LogP contribution in [0.3, 0.4) is 0 Å². The van der Waals surface area contributed by atoms with Crippen LogP contribution in [-0.4, -0.2) is 39.4 Å². The van der Waals surface area contributed by atoms with E-state index < -0.39 is 15.9 Å². The van der Waals surface area contributed by atoms with Crippen LogP contribution in [0.1, 0.15) is 16.7 Å². The molecule has 0 fully saturated rings. The SMILES string of the molecule is COc1cccc(OC)c1CNC(=O)CN(Cc1cccc(C)c1)S(=O)(=O)c1ccc(Cl)cc1. The van der Waals surface area contributed by atoms with E-state index in [4.69, 9.17) is 21.1 Å². The first kappa shape index (κ1) is 25.6. The zero-order valence-corrected chi connectivity index (χ0v) is 20.8. The maximum absolute atomic E-state index is 13.4. The van der Waals surface area contributed by atoms with Gasteiger partial charge < -0.3 is 14.8 Å². The Bertz CT molecular complexity index is 1220. The third-order valence-electron chi connectivity index (χ3n) is 5.21. The van der Waals surface area contributed by atoms with E-state index in [1.807, 2.05) is 31.2 Å². The van der Waals surface area contributed by atoms with Gasteiger partial charge in [-0.3, -0.25) is 4.79 Å². The number of nitrogens with one attached hydrogen (secondary N) is 1. The second-order valence-corrected chi connectivity index (χ2v) is 10.0. The third kappa shape index (κ3) is 6.28. The van der Waals surface area contributed by atoms with Gasteiger partial charge in [-0.25, -0.2) is 8.42 Å². The largest absolute Gasteiger partial charge is 0.496 e. The van der Waals surface area contributed by atoms with Gasteiger partial charge in [0.1, 0.15) is 11.5 Å². The molecule has 9 heteroatoms. The van der Waals surface area contributed by atoms with Gasteiger partial charge in [0.05, 0.1) is 37.8 Å². The van der Waals surface area contributed by atoms with E-state index in [-0.39, 0.29) is 24.5 Å². The van der Waals surface area contributed by atoms with Crippen molar-refractivity contribution in [3.05, 3.63) is 88.4 Å². The Hall–Kier alpha value is -3.07. The van der Waals surface area contributed by atoms with E-state index in [1.54, 1.807) is 18.2 Å². The van der Waals surface area contributed by atoms with Gasteiger partial charge >= 0.3 is 0 Å². The summed E-state index contributed by atoms with van der Waals surface area (Å²) in [5.41, 5.74) is 2.43. The topological polar surface area (TPSA) is 84.9 Å². The molecule has 0 radical (unpaired) electrons. The summed E-state index contributed by atoms with van der Waals surface area (Å²) in [6, 6.07) is 18.7. The molecule has 180 valence electrons. The van der Waals surface area contributed by atoms with Gasteiger partial charge in [-0.1, -0.05) is 47.5 Å². The second kappa shape index (κ2) is 11.4. The van der Waals surface area contributed by atoms with Crippen LogP contribution in [0.4, 0.5) is 0 Å². The number of hydrogen-bond acceptors (Lipinski definition) is 5. The molecule has 7 nitrogen and oxygen atoms in total. The molecule has 0 saturated heterocycles. The van der Waals surface area contributed by atoms with Gasteiger partial charge in [0.15, 0.2) is 0 Å². The van der Waals surface area contributed by atoms with Crippen molar-refractivity contribution in [3.63, 3.8) is 0 Å². The van der Waals surface area contributed by atoms with Crippen molar-refractivity contribution < 1.29 is 22.7 Å². The predicted octanol–water partition coefficient (Wildman–Crippen LogP) is 4.17. The highest BCUT2D eigenvalue weighted by molar-refractivity contribution is 7.89. The molecule has 0 atom stereocenters. The Labute approximate surface area is 205 Å². The second-order valence-electron chi connectivity index (χ2n) is 7.63. The number of sulfonamides is 1. The van der Waals surface area contributed by atoms with Crippen LogP contribution < -0.4 is 14.8 Å². The lowest BCUT2D eigenvalue weighted by Gasteiger charge is -2.22. The van der Waals surface area contributed by atoms with E-state index in [9.17, 15) is 13.2 Å². The fraction of sp³-hybridized carbons (Fsp3) is 0.240. The van der Waals surface area contributed by atoms with Crippen molar-refractivity contribution in [1.29, 1.82) is 0 Å². The number of rotatable bonds is 10. The summed E-state index contributed by atoms with van der Waals surface area (Å²) in [4.78, 5) is 13.0. The first-order valence-electron chi connectivity index (χ1n) is 10.5. The molecule has 0 aliphatic carbocycles. The van der Waals surface area contributed by atoms with Crippen LogP contribution in [0.5, 0.6) is 11.5 Å². The summed E-state index contributed by atoms with van der Waals surface area (Å²) in [6.45, 7) is 1.72. The lowest BCUT2D eigenvalue weighted by atomic mass is 10.1. The number of nitrogens with zero attached hydrogens (tertiary/aromatic N) is 1. The number of benzene rings is 3. The zero-order valence-electron chi connectivity index (χ0n) is 19.2. The summed E-state index contributed by atoms with van der Waals surface area (Å²) in [6.07, 6.45) is 0. The maximum atomic E-state index is 13.4. The minimum Gasteiger partial charge on any atom is -0.496 e. The monoisotopic (exact) mass is 502 g/mol. The first-order valence-corrected chi connectivity index (χ1v) is 12.3. The fourth-order valence-electron chi connectivity index (χ4n) is 3.50. The van der Waals surface area contributed by atoms with Crippen LogP contribution in [0.2, 0.25) is 5.02 Å². The van der Waals surface area contributed by atoms with Crippen LogP contribution in [-0.2, 0) is 27.9 Å². The van der Waals surface area contributed by atoms with Gasteiger partial charge in [0.2, 0.25) is 15.9 Å². The van der Waals surface area contributed by atoms with Crippen molar-refractivity contribution in [2.75, 3.05) is 20.8 Å². The van der Waals surface area contributed by atoms with Crippen LogP contribution in [0.15, 0.2) is 71.6 Å². The third-order valence-corrected chi connectivity index (χ3v) is 7.26. The Morgan fingerprint density at radius 2 is 1.59 bits per heavy atom. The number of halogens is 1. The minimum atomic E-state index is -3.97. The number of carbonyl (C=O) groups excluding carboxylic acids is 1. The Kier molecular flexibility index (Phi) is 8.55. The quantitative estimate of drug-likeness (QED) is 0.449. The van der Waals surface area contributed by atoms with Crippen LogP contribution >= 0.6 is 11.6 Å². The summed E-state index contributed by atoms with van der Waals surface area (Å²) in [5, 5.41) is 3.21. The molecule has 3 aromatic rings. The molecule has 1 amide bonds. The van der Waals surface area contributed by atoms with E-state index in [0.29, 0.717) is 22.1 Å². The summed E-state index contributed by atoms with van der Waals surface area (Å²) in [5.74, 6) is 0.660. The van der Waals surface area contributed by atoms with Crippen molar-refractivity contribution in [2.24, 2.45) is 0 Å². The molecule has 0 heterocycles. The minimum absolute atomic E-state index is 0.0397. The van der Waals surface area contributed by atoms with Crippen molar-refractivity contribution in [3.8, 4) is 11.5 Å². The predicted molar refractivity (Wildman–Crippen MR) is 132 cm³/mol. The molecule has 0 bridgehead atoms. The van der Waals surface area contributed by atoms with E-state index in [1.165, 1.54) is 38.5 Å². The fourth-order valence-corrected chi connectivity index (χ4v) is 5.01. The smallest absolute Gasteiger partial charge is 0.243 e. The van der Waals surface area contributed by atoms with Crippen LogP contribution in [0, 0.1) is 6.92 Å². The standard InChI is InChI=1S/C25H27ClN2O5S/c1-18-6-4-7-19(14-18)16-28(34(30,31)21-12-10-20(26)11-13-21)17-25(29)27-15-22-23(32-2)8-5-9-24(22)33-3/h4-14H,15-17H2,1-3H3,(H,27,29). The van der Waals surface area contributed by atoms with E-state index in [0.717, 1.165) is 15.4 Å². The zero-order chi connectivity index (χ0) is 24.7. The van der Waals surface area contributed by atoms with Gasteiger partial charge in [0, 0.05) is 11.6 Å². The van der Waals surface area contributed by atoms with E-state index in [2.05, 4.69) is 5.32 Å². The summed E-state index contributed by atoms with van der Waals surface area (Å²) >= 11 is 5.93. The molecular weight excluding hydrogens is 476 g/mol. The molecule has 0 aliphatic rings. The number of hydrogen-bond donors (Lipinski definition) is 1. The molecular formula is C25H27ClN2O5S. The molecule has 3 rings (SSSR count). The van der Waals surface area contributed by atoms with Gasteiger partial charge in [-0.2, -0.15) is 4.31 Å². The number of methoxy groups -OCH3 is 2. The van der Waals surface area contributed by atoms with Gasteiger partial charge in [-0.05, 0) is 48.9 Å². The first-order chi connectivity index (χ1) is 16.2. The van der Waals surface area contributed by atoms with E-state index >= 15 is 0 Å². The van der Waals surface area contributed by atoms with Gasteiger partial charge in [0.25, 0.3) is 0 Å². The average Bonchev–Trinajstić information content (AvgIpc) is 2.82. The molecule has 1 N–H and O–H groups in total. The Balaban J connectivity index is 1.84. The highest BCUT2D eigenvalue weighted by Gasteiger charge is 2.27. The van der Waals surface area contributed by atoms with Gasteiger partial charge in [-0.15, -0.1) is 0 Å². The molecule has 0 unspecified atom stereocenters. The molecule has 0 spiro atoms. The molecule has 34 heavy (non-hydrogen) atoms. The molecule has 0 saturated carbocycles. The normalized spacial score (nSPS) is 11.3. The lowest BCUT2D eigenvalue weighted by Crippen LogP contribution is -2.40. The summed E-state index contributed by atoms with van der Waals surface area (Å²) < 4.78 is 38.7. The number of carbonyl (C=O) groups is 1.